The van der Waals surface area contributed by atoms with Crippen LogP contribution in [0.25, 0.3) is 0 Å². The van der Waals surface area contributed by atoms with Crippen LogP contribution >= 0.6 is 0 Å². The van der Waals surface area contributed by atoms with Crippen molar-refractivity contribution in [3.8, 4) is 5.75 Å². The van der Waals surface area contributed by atoms with Crippen molar-refractivity contribution in [3.63, 3.8) is 0 Å². The number of rotatable bonds is 9. The Hall–Kier alpha value is -2.32. The van der Waals surface area contributed by atoms with E-state index < -0.39 is 8.07 Å². The summed E-state index contributed by atoms with van der Waals surface area (Å²) in [5.41, 5.74) is 7.89. The molecule has 33 heavy (non-hydrogen) atoms. The van der Waals surface area contributed by atoms with Gasteiger partial charge in [-0.05, 0) is 58.1 Å². The van der Waals surface area contributed by atoms with Gasteiger partial charge in [-0.2, -0.15) is 0 Å². The normalized spacial score (nSPS) is 12.2. The summed E-state index contributed by atoms with van der Waals surface area (Å²) in [7, 11) is -1.84. The number of phenols is 1. The van der Waals surface area contributed by atoms with Gasteiger partial charge in [-0.25, -0.2) is 0 Å². The highest BCUT2D eigenvalue weighted by Crippen LogP contribution is 2.33. The number of phenolic OH excluding ortho intramolecular Hbond substituents is 1. The molecular formula is C31H42OSi. The molecule has 0 spiro atoms. The van der Waals surface area contributed by atoms with Gasteiger partial charge in [-0.1, -0.05) is 126 Å². The Morgan fingerprint density at radius 2 is 1.12 bits per heavy atom. The Bertz CT molecular complexity index is 1010. The number of hydrogen-bond acceptors (Lipinski definition) is 1. The molecule has 0 fully saturated rings. The third kappa shape index (κ3) is 6.60. The summed E-state index contributed by atoms with van der Waals surface area (Å²) in [5, 5.41) is 11.1. The zero-order chi connectivity index (χ0) is 24.2. The van der Waals surface area contributed by atoms with E-state index >= 15 is 0 Å². The minimum Gasteiger partial charge on any atom is -0.507 e. The van der Waals surface area contributed by atoms with Gasteiger partial charge in [0, 0.05) is 0 Å². The van der Waals surface area contributed by atoms with Crippen LogP contribution in [0.3, 0.4) is 0 Å². The molecule has 0 heterocycles. The van der Waals surface area contributed by atoms with Crippen molar-refractivity contribution in [1.29, 1.82) is 0 Å². The lowest BCUT2D eigenvalue weighted by molar-refractivity contribution is 0.459. The van der Waals surface area contributed by atoms with E-state index in [0.717, 1.165) is 29.3 Å². The standard InChI is InChI=1S/C31H42OSi/c1-22(2)27-13-8-11-25(17-27)19-33(7,20-26-12-9-14-28(18-26)23(3)4)21-29-15-10-16-30(24(5)6)31(29)32/h8-18,22-24,32H,19-21H2,1-7H3. The number of hydrogen-bond donors (Lipinski definition) is 1. The SMILES string of the molecule is CC(C)c1cccc(C[Si](C)(Cc2cccc(C(C)C)c2)Cc2cccc(C(C)C)c2O)c1. The van der Waals surface area contributed by atoms with E-state index in [4.69, 9.17) is 0 Å². The molecule has 176 valence electrons. The van der Waals surface area contributed by atoms with E-state index in [9.17, 15) is 5.11 Å². The van der Waals surface area contributed by atoms with Crippen molar-refractivity contribution in [2.75, 3.05) is 0 Å². The zero-order valence-corrected chi connectivity index (χ0v) is 22.7. The molecule has 0 saturated carbocycles. The van der Waals surface area contributed by atoms with Crippen LogP contribution in [0.4, 0.5) is 0 Å². The van der Waals surface area contributed by atoms with Crippen LogP contribution in [-0.4, -0.2) is 13.2 Å². The van der Waals surface area contributed by atoms with E-state index in [0.29, 0.717) is 23.5 Å². The van der Waals surface area contributed by atoms with Gasteiger partial charge in [-0.15, -0.1) is 0 Å². The molecule has 1 nitrogen and oxygen atoms in total. The Morgan fingerprint density at radius 3 is 1.58 bits per heavy atom. The maximum Gasteiger partial charge on any atom is 0.121 e. The molecule has 2 heteroatoms. The molecule has 0 amide bonds. The van der Waals surface area contributed by atoms with Crippen molar-refractivity contribution < 1.29 is 5.11 Å². The lowest BCUT2D eigenvalue weighted by atomic mass is 10.00. The van der Waals surface area contributed by atoms with E-state index in [-0.39, 0.29) is 0 Å². The average Bonchev–Trinajstić information content (AvgIpc) is 2.75. The largest absolute Gasteiger partial charge is 0.507 e. The Balaban J connectivity index is 2.00. The van der Waals surface area contributed by atoms with Crippen molar-refractivity contribution >= 4 is 8.07 Å². The minimum atomic E-state index is -1.84. The molecule has 0 aliphatic heterocycles. The molecule has 0 radical (unpaired) electrons. The van der Waals surface area contributed by atoms with Gasteiger partial charge in [0.05, 0.1) is 8.07 Å². The highest BCUT2D eigenvalue weighted by atomic mass is 28.3. The van der Waals surface area contributed by atoms with E-state index in [1.165, 1.54) is 22.3 Å². The quantitative estimate of drug-likeness (QED) is 0.319. The van der Waals surface area contributed by atoms with Gasteiger partial charge >= 0.3 is 0 Å². The third-order valence-corrected chi connectivity index (χ3v) is 10.6. The molecule has 0 saturated heterocycles. The monoisotopic (exact) mass is 458 g/mol. The van der Waals surface area contributed by atoms with Crippen LogP contribution in [0.5, 0.6) is 5.75 Å². The Labute approximate surface area is 202 Å². The summed E-state index contributed by atoms with van der Waals surface area (Å²) in [5.74, 6) is 1.90. The van der Waals surface area contributed by atoms with Crippen LogP contribution in [0.1, 0.15) is 92.7 Å². The molecular weight excluding hydrogens is 416 g/mol. The van der Waals surface area contributed by atoms with Gasteiger partial charge in [0.2, 0.25) is 0 Å². The lowest BCUT2D eigenvalue weighted by Crippen LogP contribution is -2.40. The molecule has 0 aromatic heterocycles. The van der Waals surface area contributed by atoms with Crippen LogP contribution in [-0.2, 0) is 18.1 Å². The van der Waals surface area contributed by atoms with E-state index in [1.54, 1.807) is 0 Å². The van der Waals surface area contributed by atoms with Crippen LogP contribution < -0.4 is 0 Å². The fourth-order valence-corrected chi connectivity index (χ4v) is 8.97. The van der Waals surface area contributed by atoms with Gasteiger partial charge in [0.25, 0.3) is 0 Å². The smallest absolute Gasteiger partial charge is 0.121 e. The summed E-state index contributed by atoms with van der Waals surface area (Å²) in [6.45, 7) is 15.9. The van der Waals surface area contributed by atoms with Crippen molar-refractivity contribution in [3.05, 3.63) is 100 Å². The second-order valence-corrected chi connectivity index (χ2v) is 15.8. The summed E-state index contributed by atoms with van der Waals surface area (Å²) in [6, 6.07) is 27.9. The summed E-state index contributed by atoms with van der Waals surface area (Å²) in [4.78, 5) is 0. The molecule has 3 rings (SSSR count). The molecule has 0 aliphatic rings. The van der Waals surface area contributed by atoms with E-state index in [1.807, 2.05) is 0 Å². The Morgan fingerprint density at radius 1 is 0.636 bits per heavy atom. The lowest BCUT2D eigenvalue weighted by Gasteiger charge is -2.30. The molecule has 0 aliphatic carbocycles. The first-order valence-electron chi connectivity index (χ1n) is 12.6. The number of para-hydroxylation sites is 1. The topological polar surface area (TPSA) is 20.2 Å². The maximum absolute atomic E-state index is 11.1. The van der Waals surface area contributed by atoms with Crippen LogP contribution in [0, 0.1) is 0 Å². The van der Waals surface area contributed by atoms with E-state index in [2.05, 4.69) is 115 Å². The van der Waals surface area contributed by atoms with Crippen LogP contribution in [0.2, 0.25) is 6.55 Å². The fourth-order valence-electron chi connectivity index (χ4n) is 4.98. The van der Waals surface area contributed by atoms with Crippen molar-refractivity contribution in [1.82, 2.24) is 0 Å². The summed E-state index contributed by atoms with van der Waals surface area (Å²) < 4.78 is 0. The third-order valence-electron chi connectivity index (χ3n) is 6.89. The minimum absolute atomic E-state index is 0.323. The number of aromatic hydroxyl groups is 1. The van der Waals surface area contributed by atoms with Crippen molar-refractivity contribution in [2.24, 2.45) is 0 Å². The molecule has 0 bridgehead atoms. The van der Waals surface area contributed by atoms with Gasteiger partial charge in [0.1, 0.15) is 5.75 Å². The van der Waals surface area contributed by atoms with Gasteiger partial charge in [0.15, 0.2) is 0 Å². The highest BCUT2D eigenvalue weighted by Gasteiger charge is 2.30. The molecule has 3 aromatic rings. The second kappa shape index (κ2) is 10.7. The first-order valence-corrected chi connectivity index (χ1v) is 15.7. The first-order chi connectivity index (χ1) is 15.6. The molecule has 1 N–H and O–H groups in total. The summed E-state index contributed by atoms with van der Waals surface area (Å²) >= 11 is 0. The fraction of sp³-hybridized carbons (Fsp3) is 0.419. The number of benzene rings is 3. The predicted octanol–water partition coefficient (Wildman–Crippen LogP) is 8.49. The second-order valence-electron chi connectivity index (χ2n) is 11.2. The van der Waals surface area contributed by atoms with Crippen LogP contribution in [0.15, 0.2) is 66.7 Å². The van der Waals surface area contributed by atoms with Gasteiger partial charge in [-0.3, -0.25) is 0 Å². The molecule has 3 aromatic carbocycles. The van der Waals surface area contributed by atoms with Crippen molar-refractivity contribution in [2.45, 2.75) is 84.0 Å². The predicted molar refractivity (Wildman–Crippen MR) is 146 cm³/mol. The first kappa shape index (κ1) is 25.3. The molecule has 0 atom stereocenters. The maximum atomic E-state index is 11.1. The highest BCUT2D eigenvalue weighted by molar-refractivity contribution is 6.77. The average molecular weight is 459 g/mol. The summed E-state index contributed by atoms with van der Waals surface area (Å²) in [6.07, 6.45) is 0. The Kier molecular flexibility index (Phi) is 8.23. The zero-order valence-electron chi connectivity index (χ0n) is 21.7. The van der Waals surface area contributed by atoms with Gasteiger partial charge < -0.3 is 5.11 Å². The molecule has 0 unspecified atom stereocenters.